The van der Waals surface area contributed by atoms with Crippen LogP contribution in [0.15, 0.2) is 42.5 Å². The van der Waals surface area contributed by atoms with Crippen molar-refractivity contribution in [1.29, 1.82) is 0 Å². The number of hydrogen-bond donors (Lipinski definition) is 4. The molecule has 8 nitrogen and oxygen atoms in total. The topological polar surface area (TPSA) is 108 Å². The van der Waals surface area contributed by atoms with Gasteiger partial charge in [0.2, 0.25) is 0 Å². The van der Waals surface area contributed by atoms with Crippen molar-refractivity contribution in [3.8, 4) is 0 Å². The Balaban J connectivity index is 1.53. The van der Waals surface area contributed by atoms with Gasteiger partial charge in [-0.15, -0.1) is 0 Å². The van der Waals surface area contributed by atoms with Crippen LogP contribution in [-0.4, -0.2) is 22.0 Å². The summed E-state index contributed by atoms with van der Waals surface area (Å²) in [6.07, 6.45) is 1.96. The molecule has 1 amide bonds. The van der Waals surface area contributed by atoms with E-state index >= 15 is 0 Å². The second-order valence-electron chi connectivity index (χ2n) is 6.30. The van der Waals surface area contributed by atoms with Gasteiger partial charge < -0.3 is 10.6 Å². The number of thiocarbonyl (C=S) groups is 1. The van der Waals surface area contributed by atoms with Crippen LogP contribution in [0, 0.1) is 15.9 Å². The highest BCUT2D eigenvalue weighted by molar-refractivity contribution is 7.80. The number of carbonyl (C=O) groups is 1. The van der Waals surface area contributed by atoms with Gasteiger partial charge in [-0.05, 0) is 54.9 Å². The Morgan fingerprint density at radius 2 is 1.89 bits per heavy atom. The van der Waals surface area contributed by atoms with E-state index in [4.69, 9.17) is 12.2 Å². The molecule has 0 heterocycles. The molecule has 0 spiro atoms. The molecular formula is C18H18FN5O3S. The van der Waals surface area contributed by atoms with Crippen LogP contribution in [-0.2, 0) is 6.54 Å². The van der Waals surface area contributed by atoms with E-state index in [1.54, 1.807) is 12.1 Å². The maximum absolute atomic E-state index is 12.9. The van der Waals surface area contributed by atoms with E-state index < -0.39 is 10.8 Å². The lowest BCUT2D eigenvalue weighted by atomic mass is 10.1. The molecule has 1 aliphatic carbocycles. The summed E-state index contributed by atoms with van der Waals surface area (Å²) < 4.78 is 12.9. The number of amides is 1. The van der Waals surface area contributed by atoms with Crippen LogP contribution in [0.25, 0.3) is 0 Å². The molecule has 1 saturated carbocycles. The number of nitro groups is 1. The second-order valence-corrected chi connectivity index (χ2v) is 6.70. The Labute approximate surface area is 165 Å². The summed E-state index contributed by atoms with van der Waals surface area (Å²) in [6.45, 7) is 0.342. The summed E-state index contributed by atoms with van der Waals surface area (Å²) in [7, 11) is 0. The van der Waals surface area contributed by atoms with Crippen molar-refractivity contribution in [2.75, 3.05) is 5.32 Å². The summed E-state index contributed by atoms with van der Waals surface area (Å²) in [5, 5.41) is 17.4. The third-order valence-electron chi connectivity index (χ3n) is 4.05. The van der Waals surface area contributed by atoms with Crippen LogP contribution in [0.2, 0.25) is 0 Å². The van der Waals surface area contributed by atoms with Gasteiger partial charge in [0.05, 0.1) is 4.92 Å². The van der Waals surface area contributed by atoms with Gasteiger partial charge in [0.15, 0.2) is 5.11 Å². The quantitative estimate of drug-likeness (QED) is 0.334. The van der Waals surface area contributed by atoms with Gasteiger partial charge in [-0.1, -0.05) is 12.1 Å². The number of hydrogen-bond acceptors (Lipinski definition) is 5. The molecule has 0 radical (unpaired) electrons. The lowest BCUT2D eigenvalue weighted by Gasteiger charge is -2.12. The Kier molecular flexibility index (Phi) is 5.99. The number of nitrogens with zero attached hydrogens (tertiary/aromatic N) is 1. The van der Waals surface area contributed by atoms with Crippen molar-refractivity contribution in [2.24, 2.45) is 0 Å². The van der Waals surface area contributed by atoms with Gasteiger partial charge in [0, 0.05) is 24.2 Å². The number of hydrazine groups is 1. The first-order valence-electron chi connectivity index (χ1n) is 8.56. The maximum Gasteiger partial charge on any atom is 0.293 e. The van der Waals surface area contributed by atoms with Crippen LogP contribution in [0.1, 0.15) is 28.8 Å². The van der Waals surface area contributed by atoms with Crippen molar-refractivity contribution in [3.63, 3.8) is 0 Å². The Bertz CT molecular complexity index is 903. The van der Waals surface area contributed by atoms with Gasteiger partial charge in [0.1, 0.15) is 11.5 Å². The Morgan fingerprint density at radius 3 is 2.54 bits per heavy atom. The van der Waals surface area contributed by atoms with E-state index in [0.717, 1.165) is 18.4 Å². The number of nitro benzene ring substituents is 1. The molecule has 0 saturated heterocycles. The summed E-state index contributed by atoms with van der Waals surface area (Å²) in [5.74, 6) is -0.892. The molecule has 4 N–H and O–H groups in total. The predicted octanol–water partition coefficient (Wildman–Crippen LogP) is 2.62. The zero-order valence-corrected chi connectivity index (χ0v) is 15.5. The first-order chi connectivity index (χ1) is 13.4. The van der Waals surface area contributed by atoms with Crippen molar-refractivity contribution >= 4 is 34.6 Å². The third-order valence-corrected chi connectivity index (χ3v) is 4.30. The standard InChI is InChI=1S/C18H18FN5O3S/c19-13-4-1-11(2-5-13)10-20-18(28)23-22-17(25)12-3-8-15(21-14-6-7-14)16(9-12)24(26)27/h1-5,8-9,14,21H,6-7,10H2,(H,22,25)(H2,20,23,28). The number of carbonyl (C=O) groups excluding carboxylic acids is 1. The van der Waals surface area contributed by atoms with Crippen LogP contribution in [0.3, 0.4) is 0 Å². The van der Waals surface area contributed by atoms with Gasteiger partial charge in [-0.2, -0.15) is 0 Å². The molecule has 28 heavy (non-hydrogen) atoms. The predicted molar refractivity (Wildman–Crippen MR) is 106 cm³/mol. The number of rotatable bonds is 6. The number of nitrogens with one attached hydrogen (secondary N) is 4. The van der Waals surface area contributed by atoms with Gasteiger partial charge in [0.25, 0.3) is 11.6 Å². The minimum Gasteiger partial charge on any atom is -0.377 e. The first kappa shape index (κ1) is 19.5. The first-order valence-corrected chi connectivity index (χ1v) is 8.97. The smallest absolute Gasteiger partial charge is 0.293 e. The fraction of sp³-hybridized carbons (Fsp3) is 0.222. The number of halogens is 1. The molecular weight excluding hydrogens is 385 g/mol. The number of anilines is 1. The molecule has 1 aliphatic rings. The van der Waals surface area contributed by atoms with E-state index in [1.807, 2.05) is 0 Å². The highest BCUT2D eigenvalue weighted by atomic mass is 32.1. The molecule has 0 bridgehead atoms. The van der Waals surface area contributed by atoms with E-state index in [-0.39, 0.29) is 28.2 Å². The van der Waals surface area contributed by atoms with Crippen LogP contribution in [0.4, 0.5) is 15.8 Å². The summed E-state index contributed by atoms with van der Waals surface area (Å²) >= 11 is 5.06. The highest BCUT2D eigenvalue weighted by Crippen LogP contribution is 2.31. The van der Waals surface area contributed by atoms with Crippen LogP contribution < -0.4 is 21.5 Å². The minimum absolute atomic E-state index is 0.127. The lowest BCUT2D eigenvalue weighted by molar-refractivity contribution is -0.384. The summed E-state index contributed by atoms with van der Waals surface area (Å²) in [4.78, 5) is 23.0. The molecule has 1 fully saturated rings. The Morgan fingerprint density at radius 1 is 1.18 bits per heavy atom. The maximum atomic E-state index is 12.9. The van der Waals surface area contributed by atoms with Crippen molar-refractivity contribution in [2.45, 2.75) is 25.4 Å². The molecule has 0 atom stereocenters. The normalized spacial score (nSPS) is 12.8. The van der Waals surface area contributed by atoms with Crippen molar-refractivity contribution in [3.05, 3.63) is 69.5 Å². The number of benzene rings is 2. The second kappa shape index (κ2) is 8.61. The molecule has 0 unspecified atom stereocenters. The van der Waals surface area contributed by atoms with Gasteiger partial charge >= 0.3 is 0 Å². The fourth-order valence-electron chi connectivity index (χ4n) is 2.41. The molecule has 2 aromatic carbocycles. The average Bonchev–Trinajstić information content (AvgIpc) is 3.49. The fourth-order valence-corrected chi connectivity index (χ4v) is 2.53. The monoisotopic (exact) mass is 403 g/mol. The highest BCUT2D eigenvalue weighted by Gasteiger charge is 2.25. The van der Waals surface area contributed by atoms with Crippen LogP contribution >= 0.6 is 12.2 Å². The van der Waals surface area contributed by atoms with E-state index in [9.17, 15) is 19.3 Å². The SMILES string of the molecule is O=C(NNC(=S)NCc1ccc(F)cc1)c1ccc(NC2CC2)c([N+](=O)[O-])c1. The van der Waals surface area contributed by atoms with Gasteiger partial charge in [-0.3, -0.25) is 25.8 Å². The van der Waals surface area contributed by atoms with Crippen molar-refractivity contribution in [1.82, 2.24) is 16.2 Å². The molecule has 3 rings (SSSR count). The average molecular weight is 403 g/mol. The minimum atomic E-state index is -0.563. The molecule has 2 aromatic rings. The van der Waals surface area contributed by atoms with E-state index in [2.05, 4.69) is 21.5 Å². The molecule has 10 heteroatoms. The molecule has 0 aromatic heterocycles. The van der Waals surface area contributed by atoms with E-state index in [1.165, 1.54) is 30.3 Å². The van der Waals surface area contributed by atoms with Crippen LogP contribution in [0.5, 0.6) is 0 Å². The molecule has 146 valence electrons. The zero-order chi connectivity index (χ0) is 20.1. The summed E-state index contributed by atoms with van der Waals surface area (Å²) in [5.41, 5.74) is 6.10. The third kappa shape index (κ3) is 5.36. The summed E-state index contributed by atoms with van der Waals surface area (Å²) in [6, 6.07) is 10.4. The van der Waals surface area contributed by atoms with Crippen molar-refractivity contribution < 1.29 is 14.1 Å². The largest absolute Gasteiger partial charge is 0.377 e. The van der Waals surface area contributed by atoms with Gasteiger partial charge in [-0.25, -0.2) is 4.39 Å². The zero-order valence-electron chi connectivity index (χ0n) is 14.7. The molecule has 0 aliphatic heterocycles. The van der Waals surface area contributed by atoms with E-state index in [0.29, 0.717) is 12.2 Å². The Hall–Kier alpha value is -3.27. The lowest BCUT2D eigenvalue weighted by Crippen LogP contribution is -2.46.